The fourth-order valence-corrected chi connectivity index (χ4v) is 1.88. The van der Waals surface area contributed by atoms with Gasteiger partial charge in [0.15, 0.2) is 0 Å². The third kappa shape index (κ3) is 4.57. The van der Waals surface area contributed by atoms with Gasteiger partial charge in [-0.25, -0.2) is 0 Å². The number of alkyl halides is 1. The summed E-state index contributed by atoms with van der Waals surface area (Å²) in [5.41, 5.74) is 1.09. The molecule has 1 N–H and O–H groups in total. The van der Waals surface area contributed by atoms with Crippen LogP contribution in [0.5, 0.6) is 5.75 Å². The van der Waals surface area contributed by atoms with Gasteiger partial charge < -0.3 is 10.1 Å². The molecule has 0 aromatic heterocycles. The molecule has 3 nitrogen and oxygen atoms in total. The smallest absolute Gasteiger partial charge is 0.220 e. The number of rotatable bonds is 7. The van der Waals surface area contributed by atoms with Gasteiger partial charge in [0.25, 0.3) is 0 Å². The van der Waals surface area contributed by atoms with Crippen molar-refractivity contribution in [2.75, 3.05) is 13.0 Å². The molecule has 1 aromatic carbocycles. The Balaban J connectivity index is 2.61. The highest BCUT2D eigenvalue weighted by atomic mass is 35.5. The van der Waals surface area contributed by atoms with Crippen molar-refractivity contribution < 1.29 is 9.53 Å². The summed E-state index contributed by atoms with van der Waals surface area (Å²) >= 11 is 5.57. The summed E-state index contributed by atoms with van der Waals surface area (Å²) < 4.78 is 5.11. The SMILES string of the molecule is CCC(NC(=O)CCCCl)c1ccc(OC)cc1. The van der Waals surface area contributed by atoms with Crippen molar-refractivity contribution in [2.24, 2.45) is 0 Å². The molecule has 0 fully saturated rings. The van der Waals surface area contributed by atoms with Crippen molar-refractivity contribution in [3.05, 3.63) is 29.8 Å². The molecule has 1 unspecified atom stereocenters. The lowest BCUT2D eigenvalue weighted by atomic mass is 10.0. The van der Waals surface area contributed by atoms with Crippen LogP contribution in [0, 0.1) is 0 Å². The van der Waals surface area contributed by atoms with E-state index in [0.29, 0.717) is 18.7 Å². The molecule has 1 amide bonds. The Labute approximate surface area is 113 Å². The molecule has 1 rings (SSSR count). The Bertz CT molecular complexity index is 365. The number of methoxy groups -OCH3 is 1. The predicted molar refractivity (Wildman–Crippen MR) is 74.1 cm³/mol. The van der Waals surface area contributed by atoms with E-state index in [4.69, 9.17) is 16.3 Å². The normalized spacial score (nSPS) is 11.9. The van der Waals surface area contributed by atoms with Crippen LogP contribution in [0.25, 0.3) is 0 Å². The summed E-state index contributed by atoms with van der Waals surface area (Å²) in [4.78, 5) is 11.7. The maximum absolute atomic E-state index is 11.7. The summed E-state index contributed by atoms with van der Waals surface area (Å²) in [5, 5.41) is 3.02. The molecule has 0 radical (unpaired) electrons. The van der Waals surface area contributed by atoms with E-state index < -0.39 is 0 Å². The zero-order valence-corrected chi connectivity index (χ0v) is 11.7. The molecule has 0 saturated carbocycles. The van der Waals surface area contributed by atoms with E-state index in [0.717, 1.165) is 17.7 Å². The fourth-order valence-electron chi connectivity index (χ4n) is 1.75. The standard InChI is InChI=1S/C14H20ClNO2/c1-3-13(16-14(17)5-4-10-15)11-6-8-12(18-2)9-7-11/h6-9,13H,3-5,10H2,1-2H3,(H,16,17). The minimum Gasteiger partial charge on any atom is -0.497 e. The average molecular weight is 270 g/mol. The minimum absolute atomic E-state index is 0.0540. The number of halogens is 1. The highest BCUT2D eigenvalue weighted by Crippen LogP contribution is 2.20. The van der Waals surface area contributed by atoms with Crippen LogP contribution < -0.4 is 10.1 Å². The Morgan fingerprint density at radius 2 is 2.06 bits per heavy atom. The summed E-state index contributed by atoms with van der Waals surface area (Å²) in [6.07, 6.45) is 2.06. The van der Waals surface area contributed by atoms with Gasteiger partial charge in [-0.05, 0) is 30.5 Å². The van der Waals surface area contributed by atoms with Gasteiger partial charge in [-0.2, -0.15) is 0 Å². The number of benzene rings is 1. The molecular formula is C14H20ClNO2. The minimum atomic E-state index is 0.0540. The van der Waals surface area contributed by atoms with Crippen LogP contribution in [-0.2, 0) is 4.79 Å². The zero-order valence-electron chi connectivity index (χ0n) is 10.9. The molecule has 0 aliphatic rings. The van der Waals surface area contributed by atoms with E-state index >= 15 is 0 Å². The van der Waals surface area contributed by atoms with Crippen molar-refractivity contribution in [3.63, 3.8) is 0 Å². The van der Waals surface area contributed by atoms with Crippen molar-refractivity contribution in [1.29, 1.82) is 0 Å². The summed E-state index contributed by atoms with van der Waals surface area (Å²) in [6.45, 7) is 2.05. The average Bonchev–Trinajstić information content (AvgIpc) is 2.42. The second kappa shape index (κ2) is 7.98. The van der Waals surface area contributed by atoms with Crippen LogP contribution in [0.4, 0.5) is 0 Å². The number of carbonyl (C=O) groups excluding carboxylic acids is 1. The van der Waals surface area contributed by atoms with Gasteiger partial charge in [-0.3, -0.25) is 4.79 Å². The maximum atomic E-state index is 11.7. The summed E-state index contributed by atoms with van der Waals surface area (Å²) in [6, 6.07) is 7.83. The molecule has 0 saturated heterocycles. The highest BCUT2D eigenvalue weighted by molar-refractivity contribution is 6.17. The largest absolute Gasteiger partial charge is 0.497 e. The van der Waals surface area contributed by atoms with Gasteiger partial charge in [0.1, 0.15) is 5.75 Å². The molecule has 0 bridgehead atoms. The van der Waals surface area contributed by atoms with Crippen LogP contribution in [0.2, 0.25) is 0 Å². The highest BCUT2D eigenvalue weighted by Gasteiger charge is 2.12. The van der Waals surface area contributed by atoms with Crippen molar-refractivity contribution in [1.82, 2.24) is 5.32 Å². The fraction of sp³-hybridized carbons (Fsp3) is 0.500. The van der Waals surface area contributed by atoms with Crippen LogP contribution >= 0.6 is 11.6 Å². The van der Waals surface area contributed by atoms with Crippen LogP contribution in [0.15, 0.2) is 24.3 Å². The quantitative estimate of drug-likeness (QED) is 0.772. The van der Waals surface area contributed by atoms with Gasteiger partial charge in [0.05, 0.1) is 13.2 Å². The van der Waals surface area contributed by atoms with Crippen LogP contribution in [0.3, 0.4) is 0 Å². The van der Waals surface area contributed by atoms with E-state index in [-0.39, 0.29) is 11.9 Å². The van der Waals surface area contributed by atoms with E-state index in [1.165, 1.54) is 0 Å². The molecular weight excluding hydrogens is 250 g/mol. The maximum Gasteiger partial charge on any atom is 0.220 e. The lowest BCUT2D eigenvalue weighted by molar-refractivity contribution is -0.121. The van der Waals surface area contributed by atoms with Crippen LogP contribution in [0.1, 0.15) is 37.8 Å². The third-order valence-electron chi connectivity index (χ3n) is 2.80. The number of amides is 1. The summed E-state index contributed by atoms with van der Waals surface area (Å²) in [7, 11) is 1.64. The van der Waals surface area contributed by atoms with E-state index in [1.54, 1.807) is 7.11 Å². The Morgan fingerprint density at radius 3 is 2.56 bits per heavy atom. The molecule has 18 heavy (non-hydrogen) atoms. The van der Waals surface area contributed by atoms with Gasteiger partial charge in [-0.1, -0.05) is 19.1 Å². The predicted octanol–water partition coefficient (Wildman–Crippen LogP) is 3.28. The number of hydrogen-bond donors (Lipinski definition) is 1. The lowest BCUT2D eigenvalue weighted by Gasteiger charge is -2.17. The van der Waals surface area contributed by atoms with Crippen LogP contribution in [-0.4, -0.2) is 18.9 Å². The monoisotopic (exact) mass is 269 g/mol. The Kier molecular flexibility index (Phi) is 6.58. The molecule has 1 atom stereocenters. The molecule has 1 aromatic rings. The van der Waals surface area contributed by atoms with Gasteiger partial charge in [-0.15, -0.1) is 11.6 Å². The van der Waals surface area contributed by atoms with Crippen molar-refractivity contribution in [3.8, 4) is 5.75 Å². The van der Waals surface area contributed by atoms with E-state index in [2.05, 4.69) is 12.2 Å². The molecule has 100 valence electrons. The summed E-state index contributed by atoms with van der Waals surface area (Å²) in [5.74, 6) is 1.40. The molecule has 0 aliphatic carbocycles. The van der Waals surface area contributed by atoms with Gasteiger partial charge in [0.2, 0.25) is 5.91 Å². The number of nitrogens with one attached hydrogen (secondary N) is 1. The lowest BCUT2D eigenvalue weighted by Crippen LogP contribution is -2.27. The number of ether oxygens (including phenoxy) is 1. The Morgan fingerprint density at radius 1 is 1.39 bits per heavy atom. The van der Waals surface area contributed by atoms with Crippen molar-refractivity contribution >= 4 is 17.5 Å². The molecule has 0 aliphatic heterocycles. The van der Waals surface area contributed by atoms with E-state index in [9.17, 15) is 4.79 Å². The number of hydrogen-bond acceptors (Lipinski definition) is 2. The van der Waals surface area contributed by atoms with Gasteiger partial charge in [0, 0.05) is 12.3 Å². The first kappa shape index (κ1) is 14.8. The third-order valence-corrected chi connectivity index (χ3v) is 3.07. The molecule has 0 heterocycles. The zero-order chi connectivity index (χ0) is 13.4. The van der Waals surface area contributed by atoms with E-state index in [1.807, 2.05) is 24.3 Å². The molecule has 0 spiro atoms. The first-order valence-corrected chi connectivity index (χ1v) is 6.74. The first-order valence-electron chi connectivity index (χ1n) is 6.20. The molecule has 4 heteroatoms. The number of carbonyl (C=O) groups is 1. The second-order valence-corrected chi connectivity index (χ2v) is 4.47. The van der Waals surface area contributed by atoms with Crippen molar-refractivity contribution in [2.45, 2.75) is 32.2 Å². The Hall–Kier alpha value is -1.22. The topological polar surface area (TPSA) is 38.3 Å². The van der Waals surface area contributed by atoms with Gasteiger partial charge >= 0.3 is 0 Å². The second-order valence-electron chi connectivity index (χ2n) is 4.09. The first-order chi connectivity index (χ1) is 8.71.